The van der Waals surface area contributed by atoms with E-state index in [1.54, 1.807) is 6.08 Å². The second-order valence-corrected chi connectivity index (χ2v) is 16.8. The van der Waals surface area contributed by atoms with Gasteiger partial charge in [-0.3, -0.25) is 9.36 Å². The highest BCUT2D eigenvalue weighted by molar-refractivity contribution is 7.54. The molecule has 182 valence electrons. The van der Waals surface area contributed by atoms with Crippen LogP contribution >= 0.6 is 7.60 Å². The van der Waals surface area contributed by atoms with Gasteiger partial charge in [0, 0.05) is 26.2 Å². The van der Waals surface area contributed by atoms with Gasteiger partial charge < -0.3 is 18.2 Å². The molecule has 0 spiro atoms. The smallest absolute Gasteiger partial charge is 0.337 e. The molecule has 0 bridgehead atoms. The fourth-order valence-electron chi connectivity index (χ4n) is 3.04. The molecule has 0 N–H and O–H groups in total. The van der Waals surface area contributed by atoms with Crippen LogP contribution < -0.4 is 0 Å². The molecule has 4 atom stereocenters. The van der Waals surface area contributed by atoms with Crippen LogP contribution in [0, 0.1) is 17.8 Å². The van der Waals surface area contributed by atoms with Crippen molar-refractivity contribution in [1.82, 2.24) is 0 Å². The van der Waals surface area contributed by atoms with Crippen molar-refractivity contribution >= 4 is 27.7 Å². The molecule has 0 aromatic rings. The Labute approximate surface area is 189 Å². The average Bonchev–Trinajstić information content (AvgIpc) is 2.68. The van der Waals surface area contributed by atoms with Crippen LogP contribution in [0.2, 0.25) is 18.1 Å². The van der Waals surface area contributed by atoms with Gasteiger partial charge in [0.25, 0.3) is 0 Å². The third-order valence-corrected chi connectivity index (χ3v) is 12.5. The van der Waals surface area contributed by atoms with Crippen LogP contribution in [0.4, 0.5) is 0 Å². The topological polar surface area (TPSA) is 88.1 Å². The predicted molar refractivity (Wildman–Crippen MR) is 127 cm³/mol. The summed E-state index contributed by atoms with van der Waals surface area (Å²) in [6.45, 7) is 16.8. The molecule has 0 aliphatic heterocycles. The summed E-state index contributed by atoms with van der Waals surface area (Å²) in [6, 6.07) is 0. The minimum atomic E-state index is -3.39. The Kier molecular flexibility index (Phi) is 12.1. The first-order valence-electron chi connectivity index (χ1n) is 10.7. The molecule has 7 nitrogen and oxygen atoms in total. The highest BCUT2D eigenvalue weighted by Gasteiger charge is 2.41. The van der Waals surface area contributed by atoms with Gasteiger partial charge in [-0.1, -0.05) is 47.6 Å². The summed E-state index contributed by atoms with van der Waals surface area (Å²) in [7, 11) is -1.60. The van der Waals surface area contributed by atoms with Crippen LogP contribution in [0.25, 0.3) is 0 Å². The lowest BCUT2D eigenvalue weighted by Crippen LogP contribution is -2.47. The van der Waals surface area contributed by atoms with Crippen molar-refractivity contribution in [3.05, 3.63) is 12.2 Å². The number of ether oxygens (including phenoxy) is 1. The molecular formula is C22H43O7PSi. The van der Waals surface area contributed by atoms with Crippen molar-refractivity contribution in [3.63, 3.8) is 0 Å². The van der Waals surface area contributed by atoms with E-state index < -0.39 is 21.9 Å². The number of ketones is 1. The van der Waals surface area contributed by atoms with Crippen molar-refractivity contribution in [2.45, 2.75) is 72.2 Å². The summed E-state index contributed by atoms with van der Waals surface area (Å²) in [5.41, 5.74) is 0. The number of Topliss-reactive ketones (excluding diaryl/α,β-unsaturated/α-hetero) is 1. The molecule has 0 saturated carbocycles. The van der Waals surface area contributed by atoms with E-state index in [9.17, 15) is 14.2 Å². The molecule has 0 aromatic carbocycles. The van der Waals surface area contributed by atoms with Crippen molar-refractivity contribution in [3.8, 4) is 0 Å². The molecule has 0 heterocycles. The van der Waals surface area contributed by atoms with Gasteiger partial charge in [-0.25, -0.2) is 4.79 Å². The number of rotatable bonds is 13. The van der Waals surface area contributed by atoms with E-state index in [-0.39, 0.29) is 40.8 Å². The average molecular weight is 479 g/mol. The summed E-state index contributed by atoms with van der Waals surface area (Å²) in [4.78, 5) is 24.2. The minimum Gasteiger partial charge on any atom is -0.466 e. The second kappa shape index (κ2) is 12.4. The van der Waals surface area contributed by atoms with Crippen LogP contribution in [0.3, 0.4) is 0 Å². The third-order valence-electron chi connectivity index (χ3n) is 6.23. The van der Waals surface area contributed by atoms with E-state index in [0.29, 0.717) is 6.42 Å². The Morgan fingerprint density at radius 3 is 1.97 bits per heavy atom. The van der Waals surface area contributed by atoms with E-state index in [4.69, 9.17) is 18.2 Å². The van der Waals surface area contributed by atoms with Gasteiger partial charge >= 0.3 is 13.6 Å². The lowest BCUT2D eigenvalue weighted by atomic mass is 9.85. The van der Waals surface area contributed by atoms with Gasteiger partial charge in [0.1, 0.15) is 11.9 Å². The molecule has 0 fully saturated rings. The molecular weight excluding hydrogens is 435 g/mol. The van der Waals surface area contributed by atoms with Crippen LogP contribution in [-0.4, -0.2) is 53.7 Å². The molecule has 0 aromatic heterocycles. The zero-order chi connectivity index (χ0) is 24.6. The van der Waals surface area contributed by atoms with Crippen LogP contribution in [0.15, 0.2) is 12.2 Å². The van der Waals surface area contributed by atoms with Gasteiger partial charge in [-0.05, 0) is 36.4 Å². The van der Waals surface area contributed by atoms with Gasteiger partial charge in [-0.15, -0.1) is 0 Å². The fourth-order valence-corrected chi connectivity index (χ4v) is 5.62. The number of hydrogen-bond acceptors (Lipinski definition) is 7. The molecule has 0 rings (SSSR count). The zero-order valence-electron chi connectivity index (χ0n) is 21.2. The van der Waals surface area contributed by atoms with Crippen molar-refractivity contribution in [1.29, 1.82) is 0 Å². The van der Waals surface area contributed by atoms with Crippen LogP contribution in [0.5, 0.6) is 0 Å². The van der Waals surface area contributed by atoms with E-state index in [1.165, 1.54) is 27.4 Å². The fraction of sp³-hybridized carbons (Fsp3) is 0.818. The summed E-state index contributed by atoms with van der Waals surface area (Å²) in [5, 5.41) is 0.0156. The van der Waals surface area contributed by atoms with Gasteiger partial charge in [0.15, 0.2) is 8.32 Å². The first kappa shape index (κ1) is 30.2. The lowest BCUT2D eigenvalue weighted by Gasteiger charge is -2.42. The lowest BCUT2D eigenvalue weighted by molar-refractivity contribution is -0.134. The molecule has 9 heteroatoms. The summed E-state index contributed by atoms with van der Waals surface area (Å²) >= 11 is 0. The van der Waals surface area contributed by atoms with E-state index in [2.05, 4.69) is 40.8 Å². The van der Waals surface area contributed by atoms with E-state index >= 15 is 0 Å². The number of carbonyl (C=O) groups excluding carboxylic acids is 2. The SMILES string of the molecule is COC(=O)/C=C/[C@H](C)[C@@H](O[Si](C)(C)C(C)(C)C)[C@@H](C)C[C@@H](C)C(=O)CP(=O)(OC)OC. The zero-order valence-corrected chi connectivity index (χ0v) is 23.1. The molecule has 0 aliphatic carbocycles. The van der Waals surface area contributed by atoms with Crippen molar-refractivity contribution in [2.75, 3.05) is 27.5 Å². The van der Waals surface area contributed by atoms with Crippen molar-refractivity contribution in [2.24, 2.45) is 17.8 Å². The van der Waals surface area contributed by atoms with E-state index in [0.717, 1.165) is 0 Å². The van der Waals surface area contributed by atoms with E-state index in [1.807, 2.05) is 13.8 Å². The Morgan fingerprint density at radius 2 is 1.55 bits per heavy atom. The highest BCUT2D eigenvalue weighted by atomic mass is 31.2. The largest absolute Gasteiger partial charge is 0.466 e. The maximum absolute atomic E-state index is 12.7. The number of methoxy groups -OCH3 is 1. The van der Waals surface area contributed by atoms with Crippen LogP contribution in [0.1, 0.15) is 48.0 Å². The summed E-state index contributed by atoms with van der Waals surface area (Å²) in [5.74, 6) is -0.952. The molecule has 31 heavy (non-hydrogen) atoms. The Morgan fingerprint density at radius 1 is 1.03 bits per heavy atom. The Bertz CT molecular complexity index is 661. The number of hydrogen-bond donors (Lipinski definition) is 0. The highest BCUT2D eigenvalue weighted by Crippen LogP contribution is 2.47. The maximum atomic E-state index is 12.7. The van der Waals surface area contributed by atoms with Crippen molar-refractivity contribution < 1.29 is 32.4 Å². The summed E-state index contributed by atoms with van der Waals surface area (Å²) in [6.07, 6.45) is 3.34. The normalized spacial score (nSPS) is 17.3. The molecule has 0 saturated heterocycles. The maximum Gasteiger partial charge on any atom is 0.337 e. The standard InChI is InChI=1S/C22H43O7PSi/c1-16(12-13-20(24)26-7)21(29-31(10,11)22(4,5)6)18(3)14-17(2)19(23)15-30(25,27-8)28-9/h12-13,16-18,21H,14-15H2,1-11H3/b13-12+/t16-,17+,18-,21+/m0/s1. The Balaban J connectivity index is 5.60. The number of esters is 1. The first-order valence-corrected chi connectivity index (χ1v) is 15.3. The third kappa shape index (κ3) is 9.70. The molecule has 0 aliphatic rings. The van der Waals surface area contributed by atoms with Gasteiger partial charge in [0.05, 0.1) is 13.2 Å². The number of carbonyl (C=O) groups is 2. The molecule has 0 unspecified atom stereocenters. The van der Waals surface area contributed by atoms with Gasteiger partial charge in [0.2, 0.25) is 0 Å². The summed E-state index contributed by atoms with van der Waals surface area (Å²) < 4.78 is 33.6. The Hall–Kier alpha value is -0.793. The molecule has 0 amide bonds. The second-order valence-electron chi connectivity index (χ2n) is 9.80. The minimum absolute atomic E-state index is 0.0156. The monoisotopic (exact) mass is 478 g/mol. The van der Waals surface area contributed by atoms with Crippen LogP contribution in [-0.2, 0) is 32.4 Å². The predicted octanol–water partition coefficient (Wildman–Crippen LogP) is 5.46. The molecule has 0 radical (unpaired) electrons. The first-order chi connectivity index (χ1) is 14.0. The van der Waals surface area contributed by atoms with Gasteiger partial charge in [-0.2, -0.15) is 0 Å². The quantitative estimate of drug-likeness (QED) is 0.150.